The van der Waals surface area contributed by atoms with Crippen molar-refractivity contribution >= 4 is 23.5 Å². The van der Waals surface area contributed by atoms with Crippen LogP contribution >= 0.6 is 11.6 Å². The van der Waals surface area contributed by atoms with Gasteiger partial charge in [0.2, 0.25) is 0 Å². The van der Waals surface area contributed by atoms with E-state index in [1.165, 1.54) is 10.9 Å². The Morgan fingerprint density at radius 3 is 2.62 bits per heavy atom. The molecule has 3 rings (SSSR count). The third kappa shape index (κ3) is 3.41. The van der Waals surface area contributed by atoms with Crippen molar-refractivity contribution in [3.63, 3.8) is 0 Å². The number of H-pyrrole nitrogens is 1. The van der Waals surface area contributed by atoms with Gasteiger partial charge >= 0.3 is 0 Å². The van der Waals surface area contributed by atoms with Gasteiger partial charge in [0.25, 0.3) is 5.56 Å². The Morgan fingerprint density at radius 2 is 1.92 bits per heavy atom. The maximum absolute atomic E-state index is 12.6. The van der Waals surface area contributed by atoms with E-state index in [1.807, 2.05) is 50.2 Å². The van der Waals surface area contributed by atoms with E-state index in [2.05, 4.69) is 15.6 Å². The van der Waals surface area contributed by atoms with Crippen LogP contribution in [-0.4, -0.2) is 16.0 Å². The van der Waals surface area contributed by atoms with Crippen LogP contribution in [0.2, 0.25) is 5.02 Å². The molecular formula is C18H17ClN4O. The van der Waals surface area contributed by atoms with Crippen LogP contribution in [0.3, 0.4) is 0 Å². The van der Waals surface area contributed by atoms with Gasteiger partial charge in [-0.1, -0.05) is 35.4 Å². The van der Waals surface area contributed by atoms with Gasteiger partial charge in [-0.2, -0.15) is 5.10 Å². The summed E-state index contributed by atoms with van der Waals surface area (Å²) in [7, 11) is 0. The van der Waals surface area contributed by atoms with E-state index in [0.717, 1.165) is 22.6 Å². The minimum absolute atomic E-state index is 0.145. The molecule has 0 saturated heterocycles. The van der Waals surface area contributed by atoms with Gasteiger partial charge in [-0.05, 0) is 44.2 Å². The molecule has 0 amide bonds. The van der Waals surface area contributed by atoms with Crippen molar-refractivity contribution in [2.75, 3.05) is 5.43 Å². The Bertz CT molecular complexity index is 938. The van der Waals surface area contributed by atoms with Crippen molar-refractivity contribution < 1.29 is 0 Å². The van der Waals surface area contributed by atoms with Crippen LogP contribution in [-0.2, 0) is 0 Å². The fourth-order valence-corrected chi connectivity index (χ4v) is 2.51. The zero-order chi connectivity index (χ0) is 17.1. The van der Waals surface area contributed by atoms with Gasteiger partial charge in [0.05, 0.1) is 23.2 Å². The summed E-state index contributed by atoms with van der Waals surface area (Å²) in [4.78, 5) is 12.6. The van der Waals surface area contributed by atoms with E-state index < -0.39 is 0 Å². The van der Waals surface area contributed by atoms with Crippen LogP contribution in [0.15, 0.2) is 58.4 Å². The average Bonchev–Trinajstić information content (AvgIpc) is 2.84. The highest BCUT2D eigenvalue weighted by molar-refractivity contribution is 6.30. The lowest BCUT2D eigenvalue weighted by atomic mass is 10.2. The van der Waals surface area contributed by atoms with Gasteiger partial charge in [0, 0.05) is 10.7 Å². The number of aryl methyl sites for hydroxylation is 2. The molecule has 2 N–H and O–H groups in total. The second-order valence-corrected chi connectivity index (χ2v) is 5.94. The summed E-state index contributed by atoms with van der Waals surface area (Å²) in [6.07, 6.45) is 1.51. The lowest BCUT2D eigenvalue weighted by molar-refractivity contribution is 0.835. The van der Waals surface area contributed by atoms with E-state index in [9.17, 15) is 4.79 Å². The molecule has 6 heteroatoms. The quantitative estimate of drug-likeness (QED) is 0.559. The van der Waals surface area contributed by atoms with Crippen LogP contribution < -0.4 is 11.0 Å². The molecule has 5 nitrogen and oxygen atoms in total. The third-order valence-corrected chi connectivity index (χ3v) is 3.86. The van der Waals surface area contributed by atoms with E-state index in [1.54, 1.807) is 12.1 Å². The smallest absolute Gasteiger partial charge is 0.280 e. The summed E-state index contributed by atoms with van der Waals surface area (Å²) in [5.74, 6) is 0. The monoisotopic (exact) mass is 340 g/mol. The van der Waals surface area contributed by atoms with E-state index in [-0.39, 0.29) is 5.56 Å². The third-order valence-electron chi connectivity index (χ3n) is 3.62. The van der Waals surface area contributed by atoms with Crippen molar-refractivity contribution in [3.8, 4) is 5.69 Å². The molecule has 0 saturated carbocycles. The lowest BCUT2D eigenvalue weighted by Crippen LogP contribution is -2.17. The van der Waals surface area contributed by atoms with Gasteiger partial charge in [-0.3, -0.25) is 15.3 Å². The molecule has 0 aliphatic heterocycles. The number of hydrogen-bond acceptors (Lipinski definition) is 3. The maximum Gasteiger partial charge on any atom is 0.280 e. The minimum atomic E-state index is -0.145. The van der Waals surface area contributed by atoms with Crippen molar-refractivity contribution in [1.82, 2.24) is 9.78 Å². The second-order valence-electron chi connectivity index (χ2n) is 5.51. The molecule has 1 heterocycles. The predicted octanol–water partition coefficient (Wildman–Crippen LogP) is 3.88. The zero-order valence-corrected chi connectivity index (χ0v) is 14.1. The Kier molecular flexibility index (Phi) is 4.53. The molecule has 0 fully saturated rings. The molecule has 2 aromatic carbocycles. The standard InChI is InChI=1S/C18H17ClN4O/c1-12-6-8-16(9-7-12)23-18(24)17(13(2)22-23)11-20-21-15-5-3-4-14(19)10-15/h3-11,21-22H,1-2H3/b20-11+. The summed E-state index contributed by atoms with van der Waals surface area (Å²) in [5.41, 5.74) is 6.66. The fourth-order valence-electron chi connectivity index (χ4n) is 2.32. The van der Waals surface area contributed by atoms with Gasteiger partial charge in [-0.15, -0.1) is 0 Å². The molecule has 122 valence electrons. The first kappa shape index (κ1) is 16.1. The summed E-state index contributed by atoms with van der Waals surface area (Å²) in [5, 5.41) is 7.82. The first-order chi connectivity index (χ1) is 11.5. The SMILES string of the molecule is Cc1ccc(-n2[nH]c(C)c(/C=N/Nc3cccc(Cl)c3)c2=O)cc1. The first-order valence-electron chi connectivity index (χ1n) is 7.48. The number of halogens is 1. The minimum Gasteiger partial charge on any atom is -0.295 e. The maximum atomic E-state index is 12.6. The molecular weight excluding hydrogens is 324 g/mol. The molecule has 3 aromatic rings. The van der Waals surface area contributed by atoms with E-state index in [0.29, 0.717) is 10.6 Å². The molecule has 0 radical (unpaired) electrons. The topological polar surface area (TPSA) is 62.2 Å². The molecule has 0 spiro atoms. The Hall–Kier alpha value is -2.79. The van der Waals surface area contributed by atoms with Gasteiger partial charge in [-0.25, -0.2) is 4.68 Å². The van der Waals surface area contributed by atoms with Gasteiger partial charge in [0.15, 0.2) is 0 Å². The Morgan fingerprint density at radius 1 is 1.17 bits per heavy atom. The molecule has 1 aromatic heterocycles. The average molecular weight is 341 g/mol. The van der Waals surface area contributed by atoms with E-state index >= 15 is 0 Å². The number of anilines is 1. The zero-order valence-electron chi connectivity index (χ0n) is 13.4. The van der Waals surface area contributed by atoms with Crippen molar-refractivity contribution in [3.05, 3.63) is 80.7 Å². The number of aromatic nitrogens is 2. The summed E-state index contributed by atoms with van der Waals surface area (Å²) < 4.78 is 1.51. The Labute approximate surface area is 144 Å². The van der Waals surface area contributed by atoms with Crippen LogP contribution in [0, 0.1) is 13.8 Å². The van der Waals surface area contributed by atoms with Gasteiger partial charge < -0.3 is 0 Å². The molecule has 24 heavy (non-hydrogen) atoms. The number of aromatic amines is 1. The molecule has 0 atom stereocenters. The van der Waals surface area contributed by atoms with E-state index in [4.69, 9.17) is 11.6 Å². The number of hydrazone groups is 1. The number of benzene rings is 2. The van der Waals surface area contributed by atoms with Crippen LogP contribution in [0.1, 0.15) is 16.8 Å². The highest BCUT2D eigenvalue weighted by Gasteiger charge is 2.10. The first-order valence-corrected chi connectivity index (χ1v) is 7.86. The highest BCUT2D eigenvalue weighted by atomic mass is 35.5. The number of hydrogen-bond donors (Lipinski definition) is 2. The normalized spacial score (nSPS) is 11.1. The molecule has 0 aliphatic carbocycles. The van der Waals surface area contributed by atoms with Gasteiger partial charge in [0.1, 0.15) is 0 Å². The van der Waals surface area contributed by atoms with Crippen molar-refractivity contribution in [2.24, 2.45) is 5.10 Å². The van der Waals surface area contributed by atoms with Crippen molar-refractivity contribution in [1.29, 1.82) is 0 Å². The molecule has 0 bridgehead atoms. The largest absolute Gasteiger partial charge is 0.295 e. The Balaban J connectivity index is 1.85. The molecule has 0 unspecified atom stereocenters. The number of rotatable bonds is 4. The van der Waals surface area contributed by atoms with Crippen molar-refractivity contribution in [2.45, 2.75) is 13.8 Å². The predicted molar refractivity (Wildman–Crippen MR) is 98.5 cm³/mol. The summed E-state index contributed by atoms with van der Waals surface area (Å²) in [6, 6.07) is 14.9. The molecule has 0 aliphatic rings. The fraction of sp³-hybridized carbons (Fsp3) is 0.111. The summed E-state index contributed by atoms with van der Waals surface area (Å²) >= 11 is 5.92. The number of nitrogens with zero attached hydrogens (tertiary/aromatic N) is 2. The summed E-state index contributed by atoms with van der Waals surface area (Å²) in [6.45, 7) is 3.85. The second kappa shape index (κ2) is 6.76. The lowest BCUT2D eigenvalue weighted by Gasteiger charge is -2.01. The highest BCUT2D eigenvalue weighted by Crippen LogP contribution is 2.14. The van der Waals surface area contributed by atoms with Crippen LogP contribution in [0.25, 0.3) is 5.69 Å². The van der Waals surface area contributed by atoms with Crippen LogP contribution in [0.4, 0.5) is 5.69 Å². The number of nitrogens with one attached hydrogen (secondary N) is 2. The van der Waals surface area contributed by atoms with Crippen LogP contribution in [0.5, 0.6) is 0 Å².